The van der Waals surface area contributed by atoms with E-state index in [0.717, 1.165) is 12.5 Å². The highest BCUT2D eigenvalue weighted by Gasteiger charge is 2.41. The van der Waals surface area contributed by atoms with Crippen molar-refractivity contribution in [2.24, 2.45) is 11.0 Å². The summed E-state index contributed by atoms with van der Waals surface area (Å²) < 4.78 is 32.6. The van der Waals surface area contributed by atoms with Crippen LogP contribution in [-0.2, 0) is 27.3 Å². The summed E-state index contributed by atoms with van der Waals surface area (Å²) in [5.41, 5.74) is 1.79. The van der Waals surface area contributed by atoms with Crippen LogP contribution in [-0.4, -0.2) is 24.5 Å². The van der Waals surface area contributed by atoms with Crippen molar-refractivity contribution in [3.63, 3.8) is 0 Å². The number of alkyl halides is 2. The molecule has 2 aromatic carbocycles. The highest BCUT2D eigenvalue weighted by Crippen LogP contribution is 2.37. The molecule has 0 N–H and O–H groups in total. The standard InChI is InChI=1S/C25H28F2N2O3/c1-15-22(21(30)13-16-8-7-9-17(12-16)25(5,26)27)23(31)29(28-15)20-11-10-18(32-6)14-19(20)24(2,3)4/h7-12,14,22H,13H2,1-6H3. The average molecular weight is 443 g/mol. The van der Waals surface area contributed by atoms with Gasteiger partial charge in [0.15, 0.2) is 5.78 Å². The van der Waals surface area contributed by atoms with E-state index in [1.54, 1.807) is 32.2 Å². The normalized spacial score (nSPS) is 16.9. The predicted octanol–water partition coefficient (Wildman–Crippen LogP) is 5.25. The fraction of sp³-hybridized carbons (Fsp3) is 0.400. The van der Waals surface area contributed by atoms with Gasteiger partial charge in [0.2, 0.25) is 0 Å². The van der Waals surface area contributed by atoms with E-state index in [2.05, 4.69) is 5.10 Å². The molecule has 1 atom stereocenters. The number of ether oxygens (including phenoxy) is 1. The van der Waals surface area contributed by atoms with Gasteiger partial charge >= 0.3 is 0 Å². The zero-order chi connectivity index (χ0) is 23.8. The SMILES string of the molecule is COc1ccc(N2N=C(C)C(C(=O)Cc3cccc(C(C)(F)F)c3)C2=O)c(C(C)(C)C)c1. The summed E-state index contributed by atoms with van der Waals surface area (Å²) in [5.74, 6) is -4.21. The average Bonchev–Trinajstić information content (AvgIpc) is 3.00. The zero-order valence-electron chi connectivity index (χ0n) is 19.2. The number of hydrogen-bond donors (Lipinski definition) is 0. The summed E-state index contributed by atoms with van der Waals surface area (Å²) in [4.78, 5) is 26.3. The maximum absolute atomic E-state index is 13.7. The van der Waals surface area contributed by atoms with Gasteiger partial charge < -0.3 is 4.74 Å². The molecule has 0 aliphatic carbocycles. The van der Waals surface area contributed by atoms with E-state index >= 15 is 0 Å². The van der Waals surface area contributed by atoms with Crippen LogP contribution in [0.3, 0.4) is 0 Å². The van der Waals surface area contributed by atoms with Gasteiger partial charge in [-0.2, -0.15) is 10.1 Å². The zero-order valence-corrected chi connectivity index (χ0v) is 19.2. The number of nitrogens with zero attached hydrogens (tertiary/aromatic N) is 2. The molecule has 3 rings (SSSR count). The number of hydrogen-bond acceptors (Lipinski definition) is 4. The Morgan fingerprint density at radius 3 is 2.41 bits per heavy atom. The van der Waals surface area contributed by atoms with E-state index in [9.17, 15) is 18.4 Å². The maximum atomic E-state index is 13.7. The minimum atomic E-state index is -3.01. The van der Waals surface area contributed by atoms with Crippen LogP contribution in [0.25, 0.3) is 0 Å². The quantitative estimate of drug-likeness (QED) is 0.574. The Labute approximate surface area is 187 Å². The Morgan fingerprint density at radius 1 is 1.12 bits per heavy atom. The molecular weight excluding hydrogens is 414 g/mol. The lowest BCUT2D eigenvalue weighted by molar-refractivity contribution is -0.128. The van der Waals surface area contributed by atoms with Crippen LogP contribution in [0.15, 0.2) is 47.6 Å². The van der Waals surface area contributed by atoms with Crippen molar-refractivity contribution in [1.82, 2.24) is 0 Å². The molecule has 0 saturated heterocycles. The molecule has 0 saturated carbocycles. The first-order valence-electron chi connectivity index (χ1n) is 10.4. The number of carbonyl (C=O) groups is 2. The van der Waals surface area contributed by atoms with Crippen molar-refractivity contribution < 1.29 is 23.1 Å². The Balaban J connectivity index is 1.89. The Hall–Kier alpha value is -3.09. The third kappa shape index (κ3) is 4.71. The second-order valence-corrected chi connectivity index (χ2v) is 9.19. The topological polar surface area (TPSA) is 59.0 Å². The van der Waals surface area contributed by atoms with Gasteiger partial charge in [-0.3, -0.25) is 9.59 Å². The first-order valence-corrected chi connectivity index (χ1v) is 10.4. The lowest BCUT2D eigenvalue weighted by atomic mass is 9.85. The Bertz CT molecular complexity index is 1080. The summed E-state index contributed by atoms with van der Waals surface area (Å²) >= 11 is 0. The molecule has 1 aliphatic heterocycles. The van der Waals surface area contributed by atoms with Gasteiger partial charge in [-0.1, -0.05) is 39.0 Å². The molecule has 0 radical (unpaired) electrons. The molecule has 0 spiro atoms. The fourth-order valence-corrected chi connectivity index (χ4v) is 3.79. The predicted molar refractivity (Wildman–Crippen MR) is 121 cm³/mol. The number of amides is 1. The minimum absolute atomic E-state index is 0.129. The molecule has 1 unspecified atom stereocenters. The number of anilines is 1. The minimum Gasteiger partial charge on any atom is -0.497 e. The van der Waals surface area contributed by atoms with Crippen LogP contribution in [0.5, 0.6) is 5.75 Å². The molecular formula is C25H28F2N2O3. The van der Waals surface area contributed by atoms with Gasteiger partial charge in [0, 0.05) is 18.9 Å². The molecule has 0 bridgehead atoms. The molecule has 32 heavy (non-hydrogen) atoms. The number of ketones is 1. The second-order valence-electron chi connectivity index (χ2n) is 9.19. The van der Waals surface area contributed by atoms with Gasteiger partial charge in [-0.15, -0.1) is 0 Å². The number of Topliss-reactive ketones (excluding diaryl/α,β-unsaturated/α-hetero) is 1. The highest BCUT2D eigenvalue weighted by atomic mass is 19.3. The number of carbonyl (C=O) groups excluding carboxylic acids is 2. The number of halogens is 2. The summed E-state index contributed by atoms with van der Waals surface area (Å²) in [6.07, 6.45) is -0.129. The Kier molecular flexibility index (Phi) is 6.22. The van der Waals surface area contributed by atoms with Gasteiger partial charge in [0.05, 0.1) is 18.5 Å². The van der Waals surface area contributed by atoms with E-state index in [1.807, 2.05) is 26.8 Å². The van der Waals surface area contributed by atoms with Gasteiger partial charge in [0.1, 0.15) is 11.7 Å². The van der Waals surface area contributed by atoms with Crippen LogP contribution in [0, 0.1) is 5.92 Å². The van der Waals surface area contributed by atoms with Crippen LogP contribution in [0.1, 0.15) is 51.3 Å². The monoisotopic (exact) mass is 442 g/mol. The maximum Gasteiger partial charge on any atom is 0.270 e. The van der Waals surface area contributed by atoms with E-state index in [-0.39, 0.29) is 23.2 Å². The number of hydrazone groups is 1. The van der Waals surface area contributed by atoms with E-state index in [0.29, 0.717) is 22.7 Å². The van der Waals surface area contributed by atoms with Crippen molar-refractivity contribution in [1.29, 1.82) is 0 Å². The highest BCUT2D eigenvalue weighted by molar-refractivity contribution is 6.27. The molecule has 2 aromatic rings. The summed E-state index contributed by atoms with van der Waals surface area (Å²) in [6, 6.07) is 11.1. The van der Waals surface area contributed by atoms with E-state index in [4.69, 9.17) is 4.74 Å². The van der Waals surface area contributed by atoms with Crippen molar-refractivity contribution >= 4 is 23.1 Å². The molecule has 0 fully saturated rings. The number of benzene rings is 2. The van der Waals surface area contributed by atoms with Crippen molar-refractivity contribution in [3.05, 3.63) is 59.2 Å². The molecule has 1 heterocycles. The second kappa shape index (κ2) is 8.45. The number of rotatable bonds is 6. The van der Waals surface area contributed by atoms with Gasteiger partial charge in [0.25, 0.3) is 11.8 Å². The lowest BCUT2D eigenvalue weighted by Gasteiger charge is -2.26. The van der Waals surface area contributed by atoms with Crippen LogP contribution in [0.4, 0.5) is 14.5 Å². The molecule has 5 nitrogen and oxygen atoms in total. The third-order valence-electron chi connectivity index (χ3n) is 5.51. The molecule has 1 amide bonds. The van der Waals surface area contributed by atoms with Crippen LogP contribution < -0.4 is 9.75 Å². The summed E-state index contributed by atoms with van der Waals surface area (Å²) in [6.45, 7) is 8.49. The largest absolute Gasteiger partial charge is 0.497 e. The molecule has 1 aliphatic rings. The van der Waals surface area contributed by atoms with Crippen molar-refractivity contribution in [3.8, 4) is 5.75 Å². The van der Waals surface area contributed by atoms with Crippen LogP contribution in [0.2, 0.25) is 0 Å². The van der Waals surface area contributed by atoms with E-state index < -0.39 is 17.7 Å². The van der Waals surface area contributed by atoms with Gasteiger partial charge in [-0.05, 0) is 47.7 Å². The number of methoxy groups -OCH3 is 1. The molecule has 7 heteroatoms. The Morgan fingerprint density at radius 2 is 1.81 bits per heavy atom. The molecule has 0 aromatic heterocycles. The first kappa shape index (κ1) is 23.6. The summed E-state index contributed by atoms with van der Waals surface area (Å²) in [5, 5.41) is 5.66. The smallest absolute Gasteiger partial charge is 0.270 e. The third-order valence-corrected chi connectivity index (χ3v) is 5.51. The lowest BCUT2D eigenvalue weighted by Crippen LogP contribution is -2.34. The molecule has 170 valence electrons. The van der Waals surface area contributed by atoms with E-state index in [1.165, 1.54) is 23.2 Å². The van der Waals surface area contributed by atoms with Gasteiger partial charge in [-0.25, -0.2) is 8.78 Å². The van der Waals surface area contributed by atoms with Crippen molar-refractivity contribution in [2.75, 3.05) is 12.1 Å². The first-order chi connectivity index (χ1) is 14.8. The fourth-order valence-electron chi connectivity index (χ4n) is 3.79. The summed E-state index contributed by atoms with van der Waals surface area (Å²) in [7, 11) is 1.57. The van der Waals surface area contributed by atoms with Crippen LogP contribution >= 0.6 is 0 Å². The van der Waals surface area contributed by atoms with Crippen molar-refractivity contribution in [2.45, 2.75) is 52.4 Å².